The zero-order valence-electron chi connectivity index (χ0n) is 7.46. The molecule has 1 N–H and O–H groups in total. The Labute approximate surface area is 73.3 Å². The van der Waals surface area contributed by atoms with Gasteiger partial charge in [-0.05, 0) is 25.5 Å². The van der Waals surface area contributed by atoms with Crippen molar-refractivity contribution in [2.24, 2.45) is 0 Å². The van der Waals surface area contributed by atoms with E-state index in [1.54, 1.807) is 0 Å². The van der Waals surface area contributed by atoms with Gasteiger partial charge < -0.3 is 5.41 Å². The summed E-state index contributed by atoms with van der Waals surface area (Å²) in [6.07, 6.45) is 11.6. The van der Waals surface area contributed by atoms with Gasteiger partial charge in [-0.15, -0.1) is 0 Å². The van der Waals surface area contributed by atoms with Crippen LogP contribution in [0.15, 0.2) is 47.6 Å². The topological polar surface area (TPSA) is 23.9 Å². The highest BCUT2D eigenvalue weighted by molar-refractivity contribution is 6.10. The smallest absolute Gasteiger partial charge is 0.0614 e. The first-order valence-corrected chi connectivity index (χ1v) is 4.03. The molecule has 0 amide bonds. The molecule has 1 nitrogen and oxygen atoms in total. The lowest BCUT2D eigenvalue weighted by atomic mass is 10.00. The summed E-state index contributed by atoms with van der Waals surface area (Å²) in [6, 6.07) is 0. The molecule has 62 valence electrons. The highest BCUT2D eigenvalue weighted by atomic mass is 14.4. The normalized spacial score (nSPS) is 20.7. The summed E-state index contributed by atoms with van der Waals surface area (Å²) in [6.45, 7) is 4.00. The highest BCUT2D eigenvalue weighted by Crippen LogP contribution is 2.13. The van der Waals surface area contributed by atoms with Crippen molar-refractivity contribution in [3.8, 4) is 0 Å². The average molecular weight is 159 g/mol. The van der Waals surface area contributed by atoms with Crippen molar-refractivity contribution in [1.82, 2.24) is 0 Å². The fraction of sp³-hybridized carbons (Fsp3) is 0.182. The summed E-state index contributed by atoms with van der Waals surface area (Å²) < 4.78 is 0. The van der Waals surface area contributed by atoms with Crippen molar-refractivity contribution in [1.29, 1.82) is 5.41 Å². The Kier molecular flexibility index (Phi) is 2.81. The Balaban J connectivity index is 3.02. The van der Waals surface area contributed by atoms with Crippen LogP contribution in [0.2, 0.25) is 0 Å². The van der Waals surface area contributed by atoms with E-state index < -0.39 is 0 Å². The van der Waals surface area contributed by atoms with Gasteiger partial charge in [-0.2, -0.15) is 0 Å². The van der Waals surface area contributed by atoms with Gasteiger partial charge in [0.25, 0.3) is 0 Å². The van der Waals surface area contributed by atoms with E-state index in [4.69, 9.17) is 5.41 Å². The monoisotopic (exact) mass is 159 g/mol. The zero-order chi connectivity index (χ0) is 8.97. The van der Waals surface area contributed by atoms with E-state index in [1.807, 2.05) is 50.3 Å². The van der Waals surface area contributed by atoms with Gasteiger partial charge in [-0.1, -0.05) is 30.4 Å². The van der Waals surface area contributed by atoms with Crippen LogP contribution in [-0.4, -0.2) is 5.71 Å². The molecule has 0 radical (unpaired) electrons. The first kappa shape index (κ1) is 8.72. The van der Waals surface area contributed by atoms with Gasteiger partial charge in [0.15, 0.2) is 0 Å². The molecule has 0 aromatic rings. The van der Waals surface area contributed by atoms with Crippen LogP contribution in [0, 0.1) is 5.41 Å². The number of rotatable bonds is 1. The zero-order valence-corrected chi connectivity index (χ0v) is 7.46. The number of nitrogens with one attached hydrogen (secondary N) is 1. The molecule has 0 heterocycles. The third-order valence-electron chi connectivity index (χ3n) is 1.77. The Hall–Kier alpha value is -1.37. The molecule has 0 unspecified atom stereocenters. The fourth-order valence-electron chi connectivity index (χ4n) is 1.17. The van der Waals surface area contributed by atoms with Crippen LogP contribution < -0.4 is 0 Å². The van der Waals surface area contributed by atoms with E-state index >= 15 is 0 Å². The van der Waals surface area contributed by atoms with Crippen molar-refractivity contribution < 1.29 is 0 Å². The Morgan fingerprint density at radius 1 is 1.33 bits per heavy atom. The van der Waals surface area contributed by atoms with Crippen molar-refractivity contribution in [3.05, 3.63) is 47.6 Å². The van der Waals surface area contributed by atoms with Crippen molar-refractivity contribution >= 4 is 5.71 Å². The third-order valence-corrected chi connectivity index (χ3v) is 1.77. The molecule has 1 heteroatoms. The van der Waals surface area contributed by atoms with E-state index in [0.717, 1.165) is 11.1 Å². The second-order valence-corrected chi connectivity index (χ2v) is 2.73. The van der Waals surface area contributed by atoms with Crippen LogP contribution >= 0.6 is 0 Å². The predicted octanol–water partition coefficient (Wildman–Crippen LogP) is 3.02. The van der Waals surface area contributed by atoms with Crippen LogP contribution in [0.1, 0.15) is 13.8 Å². The summed E-state index contributed by atoms with van der Waals surface area (Å²) in [4.78, 5) is 0. The molecule has 0 aromatic carbocycles. The first-order chi connectivity index (χ1) is 5.75. The molecule has 0 aromatic heterocycles. The summed E-state index contributed by atoms with van der Waals surface area (Å²) in [5, 5.41) is 7.62. The van der Waals surface area contributed by atoms with Crippen LogP contribution in [0.25, 0.3) is 0 Å². The van der Waals surface area contributed by atoms with Gasteiger partial charge in [0.2, 0.25) is 0 Å². The lowest BCUT2D eigenvalue weighted by Crippen LogP contribution is -1.99. The largest absolute Gasteiger partial charge is 0.300 e. The minimum Gasteiger partial charge on any atom is -0.300 e. The molecule has 0 atom stereocenters. The van der Waals surface area contributed by atoms with Crippen LogP contribution in [0.5, 0.6) is 0 Å². The first-order valence-electron chi connectivity index (χ1n) is 4.03. The van der Waals surface area contributed by atoms with E-state index in [-0.39, 0.29) is 0 Å². The van der Waals surface area contributed by atoms with Gasteiger partial charge in [-0.25, -0.2) is 0 Å². The SMILES string of the molecule is C/C=C\C(C)=C1\C=CC=CC1=N. The molecule has 1 aliphatic rings. The molecule has 1 rings (SSSR count). The predicted molar refractivity (Wildman–Crippen MR) is 53.5 cm³/mol. The molecular formula is C11H13N. The summed E-state index contributed by atoms with van der Waals surface area (Å²) in [7, 11) is 0. The molecule has 12 heavy (non-hydrogen) atoms. The van der Waals surface area contributed by atoms with E-state index in [9.17, 15) is 0 Å². The van der Waals surface area contributed by atoms with E-state index in [2.05, 4.69) is 0 Å². The standard InChI is InChI=1S/C11H13N/c1-3-6-9(2)10-7-4-5-8-11(10)12/h3-8,12H,1-2H3/b6-3-,10-9-,12-11?. The molecule has 0 saturated carbocycles. The van der Waals surface area contributed by atoms with Gasteiger partial charge in [0.1, 0.15) is 0 Å². The van der Waals surface area contributed by atoms with Crippen molar-refractivity contribution in [2.75, 3.05) is 0 Å². The Bertz CT molecular complexity index is 301. The highest BCUT2D eigenvalue weighted by Gasteiger charge is 2.02. The fourth-order valence-corrected chi connectivity index (χ4v) is 1.17. The Morgan fingerprint density at radius 2 is 2.00 bits per heavy atom. The van der Waals surface area contributed by atoms with Crippen molar-refractivity contribution in [3.63, 3.8) is 0 Å². The molecule has 0 bridgehead atoms. The lowest BCUT2D eigenvalue weighted by molar-refractivity contribution is 1.41. The van der Waals surface area contributed by atoms with Gasteiger partial charge in [0.05, 0.1) is 5.71 Å². The van der Waals surface area contributed by atoms with Crippen LogP contribution in [0.4, 0.5) is 0 Å². The van der Waals surface area contributed by atoms with Crippen LogP contribution in [0.3, 0.4) is 0 Å². The average Bonchev–Trinajstić information content (AvgIpc) is 2.05. The molecule has 0 fully saturated rings. The van der Waals surface area contributed by atoms with Crippen molar-refractivity contribution in [2.45, 2.75) is 13.8 Å². The van der Waals surface area contributed by atoms with E-state index in [0.29, 0.717) is 5.71 Å². The number of hydrogen-bond acceptors (Lipinski definition) is 1. The number of hydrogen-bond donors (Lipinski definition) is 1. The maximum absolute atomic E-state index is 7.62. The third kappa shape index (κ3) is 1.82. The number of allylic oxidation sites excluding steroid dienone is 8. The quantitative estimate of drug-likeness (QED) is 0.608. The summed E-state index contributed by atoms with van der Waals surface area (Å²) in [5.41, 5.74) is 2.74. The van der Waals surface area contributed by atoms with Gasteiger partial charge >= 0.3 is 0 Å². The summed E-state index contributed by atoms with van der Waals surface area (Å²) in [5.74, 6) is 0. The maximum atomic E-state index is 7.62. The van der Waals surface area contributed by atoms with Crippen LogP contribution in [-0.2, 0) is 0 Å². The maximum Gasteiger partial charge on any atom is 0.0614 e. The lowest BCUT2D eigenvalue weighted by Gasteiger charge is -2.06. The second kappa shape index (κ2) is 3.86. The molecular weight excluding hydrogens is 146 g/mol. The van der Waals surface area contributed by atoms with Gasteiger partial charge in [0, 0.05) is 5.57 Å². The molecule has 0 spiro atoms. The minimum absolute atomic E-state index is 0.591. The minimum atomic E-state index is 0.591. The van der Waals surface area contributed by atoms with E-state index in [1.165, 1.54) is 0 Å². The van der Waals surface area contributed by atoms with Gasteiger partial charge in [-0.3, -0.25) is 0 Å². The second-order valence-electron chi connectivity index (χ2n) is 2.73. The molecule has 0 saturated heterocycles. The molecule has 1 aliphatic carbocycles. The summed E-state index contributed by atoms with van der Waals surface area (Å²) >= 11 is 0. The molecule has 0 aliphatic heterocycles. The Morgan fingerprint density at radius 3 is 2.58 bits per heavy atom.